The molecule has 6 bridgehead atoms. The van der Waals surface area contributed by atoms with Gasteiger partial charge in [0.25, 0.3) is 0 Å². The molecule has 0 amide bonds. The van der Waals surface area contributed by atoms with E-state index in [1.807, 2.05) is 0 Å². The van der Waals surface area contributed by atoms with E-state index in [2.05, 4.69) is 32.1 Å². The molecule has 11 rings (SSSR count). The highest BCUT2D eigenvalue weighted by Crippen LogP contribution is 2.78. The summed E-state index contributed by atoms with van der Waals surface area (Å²) in [7, 11) is -3.56. The van der Waals surface area contributed by atoms with Gasteiger partial charge >= 0.3 is 0 Å². The average molecular weight is 664 g/mol. The number of Topliss-reactive ketones (excluding diaryl/α,β-unsaturated/α-hetero) is 1. The zero-order valence-corrected chi connectivity index (χ0v) is 29.2. The first-order valence-corrected chi connectivity index (χ1v) is 20.4. The van der Waals surface area contributed by atoms with Crippen molar-refractivity contribution < 1.29 is 27.8 Å². The fourth-order valence-corrected chi connectivity index (χ4v) is 15.5. The summed E-state index contributed by atoms with van der Waals surface area (Å²) in [5.41, 5.74) is -2.09. The molecular formula is C39H53NO6S. The van der Waals surface area contributed by atoms with E-state index < -0.39 is 38.0 Å². The molecule has 2 N–H and O–H groups in total. The van der Waals surface area contributed by atoms with Crippen LogP contribution in [0.5, 0.6) is 0 Å². The molecule has 0 radical (unpaired) electrons. The molecule has 47 heavy (non-hydrogen) atoms. The summed E-state index contributed by atoms with van der Waals surface area (Å²) < 4.78 is 34.6. The van der Waals surface area contributed by atoms with E-state index in [-0.39, 0.29) is 35.0 Å². The molecular weight excluding hydrogens is 610 g/mol. The predicted octanol–water partition coefficient (Wildman–Crippen LogP) is 6.53. The van der Waals surface area contributed by atoms with Crippen LogP contribution in [0.25, 0.3) is 0 Å². The topological polar surface area (TPSA) is 108 Å². The van der Waals surface area contributed by atoms with E-state index in [1.165, 1.54) is 25.5 Å². The maximum Gasteiger partial charge on any atom is 0.224 e. The Labute approximate surface area is 280 Å². The molecule has 1 aromatic rings. The normalized spacial score (nSPS) is 50.7. The molecule has 0 aromatic carbocycles. The first kappa shape index (κ1) is 31.3. The Morgan fingerprint density at radius 2 is 1.55 bits per heavy atom. The van der Waals surface area contributed by atoms with Gasteiger partial charge in [0.15, 0.2) is 5.76 Å². The summed E-state index contributed by atoms with van der Waals surface area (Å²) in [5.74, 6) is 2.58. The number of allylic oxidation sites excluding steroid dienone is 4. The van der Waals surface area contributed by atoms with Crippen molar-refractivity contribution in [3.63, 3.8) is 0 Å². The predicted molar refractivity (Wildman–Crippen MR) is 179 cm³/mol. The van der Waals surface area contributed by atoms with Crippen molar-refractivity contribution >= 4 is 15.8 Å². The molecule has 1 unspecified atom stereocenters. The number of nitrogens with zero attached hydrogens (tertiary/aromatic N) is 1. The van der Waals surface area contributed by atoms with Gasteiger partial charge in [-0.3, -0.25) is 4.79 Å². The Bertz CT molecular complexity index is 1630. The number of aliphatic hydroxyl groups excluding tert-OH is 1. The molecule has 7 nitrogen and oxygen atoms in total. The first-order valence-electron chi connectivity index (χ1n) is 18.5. The number of ketones is 1. The largest absolute Gasteiger partial charge is 0.461 e. The van der Waals surface area contributed by atoms with Gasteiger partial charge in [0.05, 0.1) is 24.2 Å². The molecule has 8 atom stereocenters. The van der Waals surface area contributed by atoms with Crippen LogP contribution in [-0.2, 0) is 10.0 Å². The minimum Gasteiger partial charge on any atom is -0.461 e. The number of hydrogen-bond acceptors (Lipinski definition) is 6. The van der Waals surface area contributed by atoms with Crippen LogP contribution in [0.2, 0.25) is 0 Å². The van der Waals surface area contributed by atoms with Crippen molar-refractivity contribution in [2.45, 2.75) is 109 Å². The number of carbonyl (C=O) groups excluding carboxylic acids is 1. The van der Waals surface area contributed by atoms with Gasteiger partial charge in [0, 0.05) is 34.9 Å². The molecule has 256 valence electrons. The van der Waals surface area contributed by atoms with Crippen molar-refractivity contribution in [2.75, 3.05) is 19.3 Å². The van der Waals surface area contributed by atoms with Crippen molar-refractivity contribution in [1.29, 1.82) is 0 Å². The lowest BCUT2D eigenvalue weighted by Gasteiger charge is -2.71. The van der Waals surface area contributed by atoms with Gasteiger partial charge < -0.3 is 14.6 Å². The van der Waals surface area contributed by atoms with Crippen LogP contribution in [-0.4, -0.2) is 59.8 Å². The maximum atomic E-state index is 14.5. The highest BCUT2D eigenvalue weighted by molar-refractivity contribution is 7.88. The molecule has 10 aliphatic rings. The SMILES string of the molecule is C[C@]12CC[C@H]3[C@]4(C=C[C@@]5(C=C4C(=O)c4ccco4)CC(O)CC[C@]35C)[C@@H]1CC[C@@]2(O)CN(CC12CC3CC(CC(C3)C1)C2)S(C)(=O)=O. The van der Waals surface area contributed by atoms with Crippen molar-refractivity contribution in [3.05, 3.63) is 48.0 Å². The summed E-state index contributed by atoms with van der Waals surface area (Å²) >= 11 is 0. The molecule has 10 aliphatic carbocycles. The van der Waals surface area contributed by atoms with Crippen LogP contribution >= 0.6 is 0 Å². The van der Waals surface area contributed by atoms with E-state index in [4.69, 9.17) is 4.42 Å². The molecule has 1 aromatic heterocycles. The Balaban J connectivity index is 1.10. The maximum absolute atomic E-state index is 14.5. The van der Waals surface area contributed by atoms with Gasteiger partial charge in [-0.2, -0.15) is 4.31 Å². The third-order valence-corrected chi connectivity index (χ3v) is 17.5. The van der Waals surface area contributed by atoms with Crippen LogP contribution in [0.1, 0.15) is 108 Å². The van der Waals surface area contributed by atoms with Crippen molar-refractivity contribution in [3.8, 4) is 0 Å². The summed E-state index contributed by atoms with van der Waals surface area (Å²) in [5, 5.41) is 23.9. The number of furan rings is 1. The number of sulfonamides is 1. The Hall–Kier alpha value is -1.74. The number of hydrogen-bond donors (Lipinski definition) is 2. The molecule has 7 saturated carbocycles. The third kappa shape index (κ3) is 4.08. The highest BCUT2D eigenvalue weighted by atomic mass is 32.2. The van der Waals surface area contributed by atoms with E-state index in [9.17, 15) is 23.4 Å². The second-order valence-electron chi connectivity index (χ2n) is 18.6. The fraction of sp³-hybridized carbons (Fsp3) is 0.769. The zero-order chi connectivity index (χ0) is 32.8. The lowest BCUT2D eigenvalue weighted by atomic mass is 9.32. The third-order valence-electron chi connectivity index (χ3n) is 16.3. The second-order valence-corrected chi connectivity index (χ2v) is 20.5. The van der Waals surface area contributed by atoms with Gasteiger partial charge in [0.2, 0.25) is 15.8 Å². The van der Waals surface area contributed by atoms with Gasteiger partial charge in [-0.05, 0) is 136 Å². The summed E-state index contributed by atoms with van der Waals surface area (Å²) in [6, 6.07) is 3.50. The van der Waals surface area contributed by atoms with E-state index in [0.29, 0.717) is 25.1 Å². The zero-order valence-electron chi connectivity index (χ0n) is 28.4. The number of rotatable bonds is 7. The van der Waals surface area contributed by atoms with E-state index in [0.717, 1.165) is 74.7 Å². The van der Waals surface area contributed by atoms with Gasteiger partial charge in [-0.25, -0.2) is 8.42 Å². The van der Waals surface area contributed by atoms with Crippen LogP contribution in [0.4, 0.5) is 0 Å². The number of fused-ring (bicyclic) bond motifs is 1. The molecule has 2 spiro atoms. The molecule has 0 aliphatic heterocycles. The van der Waals surface area contributed by atoms with E-state index >= 15 is 0 Å². The first-order chi connectivity index (χ1) is 22.1. The molecule has 0 saturated heterocycles. The lowest BCUT2D eigenvalue weighted by molar-refractivity contribution is -0.175. The second kappa shape index (κ2) is 9.73. The highest BCUT2D eigenvalue weighted by Gasteiger charge is 2.75. The van der Waals surface area contributed by atoms with Crippen molar-refractivity contribution in [2.24, 2.45) is 56.7 Å². The molecule has 1 heterocycles. The Kier molecular flexibility index (Phi) is 6.47. The quantitative estimate of drug-likeness (QED) is 0.254. The van der Waals surface area contributed by atoms with Crippen LogP contribution in [0, 0.1) is 56.7 Å². The van der Waals surface area contributed by atoms with Crippen LogP contribution < -0.4 is 0 Å². The number of aliphatic hydroxyl groups is 2. The Morgan fingerprint density at radius 3 is 2.19 bits per heavy atom. The minimum absolute atomic E-state index is 0.0249. The summed E-state index contributed by atoms with van der Waals surface area (Å²) in [4.78, 5) is 14.5. The standard InChI is InChI=1S/C39H53NO6S/c1-34-9-6-28(41)21-37(34)12-13-39(29(22-37)33(42)30-5-4-14-46-30)31(34)7-10-35(2)32(39)8-11-38(35,43)24-40(47(3,44)45)23-36-18-25-15-26(19-36)17-27(16-25)20-36/h4-5,12-14,22,25-28,31-32,41,43H,6-11,15-21,23-24H2,1-3H3/t25?,26?,27?,28?,31-,32-,34-,35+,36?,37+,38-,39-/m1/s1. The fourth-order valence-electron chi connectivity index (χ4n) is 14.6. The summed E-state index contributed by atoms with van der Waals surface area (Å²) in [6.07, 6.45) is 21.8. The van der Waals surface area contributed by atoms with Crippen molar-refractivity contribution in [1.82, 2.24) is 4.31 Å². The average Bonchev–Trinajstić information content (AvgIpc) is 3.62. The van der Waals surface area contributed by atoms with Crippen LogP contribution in [0.3, 0.4) is 0 Å². The smallest absolute Gasteiger partial charge is 0.224 e. The van der Waals surface area contributed by atoms with Gasteiger partial charge in [-0.15, -0.1) is 0 Å². The lowest BCUT2D eigenvalue weighted by Crippen LogP contribution is -2.67. The number of carbonyl (C=O) groups is 1. The van der Waals surface area contributed by atoms with Gasteiger partial charge in [0.1, 0.15) is 0 Å². The minimum atomic E-state index is -3.56. The van der Waals surface area contributed by atoms with E-state index in [1.54, 1.807) is 22.7 Å². The summed E-state index contributed by atoms with van der Waals surface area (Å²) in [6.45, 7) is 5.24. The van der Waals surface area contributed by atoms with Gasteiger partial charge in [-0.1, -0.05) is 32.1 Å². The molecule has 8 heteroatoms. The van der Waals surface area contributed by atoms with Crippen LogP contribution in [0.15, 0.2) is 46.6 Å². The molecule has 7 fully saturated rings. The Morgan fingerprint density at radius 1 is 0.915 bits per heavy atom. The monoisotopic (exact) mass is 663 g/mol.